The van der Waals surface area contributed by atoms with Gasteiger partial charge in [-0.1, -0.05) is 17.7 Å². The number of benzene rings is 1. The van der Waals surface area contributed by atoms with Crippen LogP contribution in [0.1, 0.15) is 11.1 Å². The van der Waals surface area contributed by atoms with Crippen molar-refractivity contribution in [3.8, 4) is 0 Å². The Hall–Kier alpha value is -2.86. The number of hydrogen-bond donors (Lipinski definition) is 3. The van der Waals surface area contributed by atoms with Gasteiger partial charge in [-0.05, 0) is 49.2 Å². The van der Waals surface area contributed by atoms with E-state index in [9.17, 15) is 0 Å². The van der Waals surface area contributed by atoms with Gasteiger partial charge in [0.2, 0.25) is 0 Å². The predicted molar refractivity (Wildman–Crippen MR) is 98.2 cm³/mol. The number of aryl methyl sites for hydroxylation is 2. The monoisotopic (exact) mass is 340 g/mol. The number of pyridine rings is 1. The summed E-state index contributed by atoms with van der Waals surface area (Å²) in [5.41, 5.74) is 9.49. The molecule has 0 fully saturated rings. The molecule has 0 aliphatic heterocycles. The molecule has 4 N–H and O–H groups in total. The van der Waals surface area contributed by atoms with E-state index in [1.54, 1.807) is 6.20 Å². The first-order valence-corrected chi connectivity index (χ1v) is 7.74. The SMILES string of the molecule is Cc1cc(Cl)ccc1Nc1ncnc(Nc2ncccc2C)c1N. The maximum absolute atomic E-state index is 6.21. The van der Waals surface area contributed by atoms with E-state index in [0.29, 0.717) is 28.2 Å². The molecule has 0 saturated carbocycles. The summed E-state index contributed by atoms with van der Waals surface area (Å²) in [4.78, 5) is 12.7. The van der Waals surface area contributed by atoms with Crippen molar-refractivity contribution in [3.63, 3.8) is 0 Å². The van der Waals surface area contributed by atoms with Crippen LogP contribution in [0.25, 0.3) is 0 Å². The Morgan fingerprint density at radius 2 is 1.67 bits per heavy atom. The Morgan fingerprint density at radius 3 is 2.38 bits per heavy atom. The predicted octanol–water partition coefficient (Wildman–Crippen LogP) is 4.21. The van der Waals surface area contributed by atoms with Crippen LogP contribution in [-0.4, -0.2) is 15.0 Å². The van der Waals surface area contributed by atoms with Gasteiger partial charge in [-0.15, -0.1) is 0 Å². The van der Waals surface area contributed by atoms with E-state index in [1.165, 1.54) is 6.33 Å². The highest BCUT2D eigenvalue weighted by Crippen LogP contribution is 2.30. The van der Waals surface area contributed by atoms with Gasteiger partial charge in [-0.25, -0.2) is 15.0 Å². The zero-order chi connectivity index (χ0) is 17.1. The summed E-state index contributed by atoms with van der Waals surface area (Å²) in [7, 11) is 0. The number of nitrogen functional groups attached to an aromatic ring is 1. The van der Waals surface area contributed by atoms with Gasteiger partial charge in [0.1, 0.15) is 17.8 Å². The third-order valence-corrected chi connectivity index (χ3v) is 3.81. The fraction of sp³-hybridized carbons (Fsp3) is 0.118. The first-order chi connectivity index (χ1) is 11.5. The fourth-order valence-electron chi connectivity index (χ4n) is 2.22. The fourth-order valence-corrected chi connectivity index (χ4v) is 2.45. The average molecular weight is 341 g/mol. The molecule has 0 aliphatic carbocycles. The van der Waals surface area contributed by atoms with Gasteiger partial charge in [0, 0.05) is 16.9 Å². The minimum Gasteiger partial charge on any atom is -0.393 e. The minimum absolute atomic E-state index is 0.414. The van der Waals surface area contributed by atoms with Crippen LogP contribution in [0.5, 0.6) is 0 Å². The van der Waals surface area contributed by atoms with E-state index < -0.39 is 0 Å². The first kappa shape index (κ1) is 16.0. The summed E-state index contributed by atoms with van der Waals surface area (Å²) in [6.07, 6.45) is 3.16. The van der Waals surface area contributed by atoms with Gasteiger partial charge >= 0.3 is 0 Å². The van der Waals surface area contributed by atoms with Crippen molar-refractivity contribution in [2.45, 2.75) is 13.8 Å². The zero-order valence-electron chi connectivity index (χ0n) is 13.3. The number of aromatic nitrogens is 3. The van der Waals surface area contributed by atoms with Crippen molar-refractivity contribution in [2.24, 2.45) is 0 Å². The number of nitrogens with one attached hydrogen (secondary N) is 2. The summed E-state index contributed by atoms with van der Waals surface area (Å²) in [5, 5.41) is 7.04. The molecule has 0 saturated heterocycles. The van der Waals surface area contributed by atoms with Gasteiger partial charge in [0.25, 0.3) is 0 Å². The number of nitrogens with two attached hydrogens (primary N) is 1. The molecule has 0 atom stereocenters. The molecule has 0 radical (unpaired) electrons. The highest BCUT2D eigenvalue weighted by Gasteiger charge is 2.11. The van der Waals surface area contributed by atoms with E-state index in [1.807, 2.05) is 44.2 Å². The largest absolute Gasteiger partial charge is 0.393 e. The lowest BCUT2D eigenvalue weighted by atomic mass is 10.2. The Bertz CT molecular complexity index is 881. The van der Waals surface area contributed by atoms with Gasteiger partial charge in [0.15, 0.2) is 11.6 Å². The second-order valence-corrected chi connectivity index (χ2v) is 5.80. The molecule has 0 unspecified atom stereocenters. The van der Waals surface area contributed by atoms with E-state index in [2.05, 4.69) is 25.6 Å². The number of rotatable bonds is 4. The Kier molecular flexibility index (Phi) is 4.48. The van der Waals surface area contributed by atoms with E-state index in [-0.39, 0.29) is 0 Å². The molecular weight excluding hydrogens is 324 g/mol. The molecular formula is C17H17ClN6. The molecule has 3 aromatic rings. The molecule has 2 aromatic heterocycles. The van der Waals surface area contributed by atoms with Gasteiger partial charge in [-0.3, -0.25) is 0 Å². The van der Waals surface area contributed by atoms with Gasteiger partial charge in [0.05, 0.1) is 0 Å². The van der Waals surface area contributed by atoms with Crippen molar-refractivity contribution in [3.05, 3.63) is 59.0 Å². The summed E-state index contributed by atoms with van der Waals surface area (Å²) in [6.45, 7) is 3.92. The van der Waals surface area contributed by atoms with Crippen LogP contribution in [0.2, 0.25) is 5.02 Å². The molecule has 122 valence electrons. The first-order valence-electron chi connectivity index (χ1n) is 7.37. The van der Waals surface area contributed by atoms with Crippen molar-refractivity contribution in [2.75, 3.05) is 16.4 Å². The molecule has 0 aliphatic rings. The number of nitrogens with zero attached hydrogens (tertiary/aromatic N) is 3. The van der Waals surface area contributed by atoms with Crippen LogP contribution in [0.3, 0.4) is 0 Å². The highest BCUT2D eigenvalue weighted by atomic mass is 35.5. The third-order valence-electron chi connectivity index (χ3n) is 3.57. The van der Waals surface area contributed by atoms with Crippen molar-refractivity contribution in [1.82, 2.24) is 15.0 Å². The molecule has 7 heteroatoms. The number of anilines is 5. The van der Waals surface area contributed by atoms with E-state index in [0.717, 1.165) is 16.8 Å². The van der Waals surface area contributed by atoms with E-state index in [4.69, 9.17) is 17.3 Å². The lowest BCUT2D eigenvalue weighted by molar-refractivity contribution is 1.15. The normalized spacial score (nSPS) is 10.5. The maximum Gasteiger partial charge on any atom is 0.160 e. The third kappa shape index (κ3) is 3.38. The number of hydrogen-bond acceptors (Lipinski definition) is 6. The molecule has 1 aromatic carbocycles. The van der Waals surface area contributed by atoms with Crippen molar-refractivity contribution >= 4 is 40.4 Å². The molecule has 0 amide bonds. The van der Waals surface area contributed by atoms with E-state index >= 15 is 0 Å². The van der Waals surface area contributed by atoms with Crippen LogP contribution in [0, 0.1) is 13.8 Å². The van der Waals surface area contributed by atoms with Crippen LogP contribution in [-0.2, 0) is 0 Å². The second kappa shape index (κ2) is 6.72. The number of halogens is 1. The van der Waals surface area contributed by atoms with Crippen LogP contribution in [0.4, 0.5) is 28.8 Å². The Balaban J connectivity index is 1.89. The molecule has 6 nitrogen and oxygen atoms in total. The lowest BCUT2D eigenvalue weighted by Gasteiger charge is -2.14. The summed E-state index contributed by atoms with van der Waals surface area (Å²) >= 11 is 5.99. The molecule has 0 spiro atoms. The Labute approximate surface area is 145 Å². The minimum atomic E-state index is 0.414. The van der Waals surface area contributed by atoms with Crippen LogP contribution in [0.15, 0.2) is 42.9 Å². The average Bonchev–Trinajstić information content (AvgIpc) is 2.55. The van der Waals surface area contributed by atoms with Gasteiger partial charge < -0.3 is 16.4 Å². The maximum atomic E-state index is 6.21. The highest BCUT2D eigenvalue weighted by molar-refractivity contribution is 6.30. The van der Waals surface area contributed by atoms with Gasteiger partial charge in [-0.2, -0.15) is 0 Å². The van der Waals surface area contributed by atoms with Crippen LogP contribution >= 0.6 is 11.6 Å². The molecule has 3 rings (SSSR count). The topological polar surface area (TPSA) is 88.8 Å². The molecule has 24 heavy (non-hydrogen) atoms. The zero-order valence-corrected chi connectivity index (χ0v) is 14.1. The standard InChI is InChI=1S/C17H17ClN6/c1-10-4-3-7-20-15(10)24-17-14(19)16(21-9-22-17)23-13-6-5-12(18)8-11(13)2/h3-9H,19H2,1-2H3,(H2,20,21,22,23,24). The lowest BCUT2D eigenvalue weighted by Crippen LogP contribution is -2.06. The van der Waals surface area contributed by atoms with Crippen LogP contribution < -0.4 is 16.4 Å². The summed E-state index contributed by atoms with van der Waals surface area (Å²) in [5.74, 6) is 1.73. The van der Waals surface area contributed by atoms with Crippen molar-refractivity contribution in [1.29, 1.82) is 0 Å². The van der Waals surface area contributed by atoms with Crippen molar-refractivity contribution < 1.29 is 0 Å². The quantitative estimate of drug-likeness (QED) is 0.659. The summed E-state index contributed by atoms with van der Waals surface area (Å²) < 4.78 is 0. The summed E-state index contributed by atoms with van der Waals surface area (Å²) in [6, 6.07) is 9.40. The molecule has 2 heterocycles. The second-order valence-electron chi connectivity index (χ2n) is 5.36. The smallest absolute Gasteiger partial charge is 0.160 e. The Morgan fingerprint density at radius 1 is 0.917 bits per heavy atom. The molecule has 0 bridgehead atoms.